The summed E-state index contributed by atoms with van der Waals surface area (Å²) in [6.45, 7) is 0. The highest BCUT2D eigenvalue weighted by Gasteiger charge is 2.21. The predicted octanol–water partition coefficient (Wildman–Crippen LogP) is 2.58. The SMILES string of the molecule is NC(CCC(=O)O)c1c(F)cc(F)c2ccoc12. The van der Waals surface area contributed by atoms with Gasteiger partial charge in [0.15, 0.2) is 0 Å². The Morgan fingerprint density at radius 3 is 2.83 bits per heavy atom. The molecular formula is C12H11F2NO3. The van der Waals surface area contributed by atoms with E-state index in [9.17, 15) is 13.6 Å². The van der Waals surface area contributed by atoms with Crippen molar-refractivity contribution in [3.63, 3.8) is 0 Å². The van der Waals surface area contributed by atoms with Crippen molar-refractivity contribution in [3.05, 3.63) is 35.6 Å². The van der Waals surface area contributed by atoms with E-state index in [4.69, 9.17) is 15.3 Å². The molecule has 1 aromatic carbocycles. The van der Waals surface area contributed by atoms with Gasteiger partial charge in [-0.15, -0.1) is 0 Å². The Bertz CT molecular complexity index is 594. The average Bonchev–Trinajstić information content (AvgIpc) is 2.75. The summed E-state index contributed by atoms with van der Waals surface area (Å²) in [5.41, 5.74) is 5.78. The van der Waals surface area contributed by atoms with E-state index in [0.29, 0.717) is 0 Å². The van der Waals surface area contributed by atoms with Crippen LogP contribution >= 0.6 is 0 Å². The van der Waals surface area contributed by atoms with Gasteiger partial charge in [0.25, 0.3) is 0 Å². The Hall–Kier alpha value is -1.95. The van der Waals surface area contributed by atoms with Crippen molar-refractivity contribution >= 4 is 16.9 Å². The Labute approximate surface area is 101 Å². The molecule has 0 aliphatic heterocycles. The molecule has 0 aliphatic rings. The van der Waals surface area contributed by atoms with Gasteiger partial charge in [-0.05, 0) is 12.5 Å². The van der Waals surface area contributed by atoms with Crippen LogP contribution in [-0.2, 0) is 4.79 Å². The molecule has 6 heteroatoms. The fourth-order valence-electron chi connectivity index (χ4n) is 1.85. The lowest BCUT2D eigenvalue weighted by atomic mass is 10.00. The summed E-state index contributed by atoms with van der Waals surface area (Å²) in [4.78, 5) is 10.5. The van der Waals surface area contributed by atoms with Gasteiger partial charge < -0.3 is 15.3 Å². The first-order chi connectivity index (χ1) is 8.50. The van der Waals surface area contributed by atoms with Gasteiger partial charge in [-0.3, -0.25) is 4.79 Å². The molecule has 0 bridgehead atoms. The molecular weight excluding hydrogens is 244 g/mol. The quantitative estimate of drug-likeness (QED) is 0.880. The third kappa shape index (κ3) is 2.19. The maximum atomic E-state index is 13.7. The summed E-state index contributed by atoms with van der Waals surface area (Å²) >= 11 is 0. The van der Waals surface area contributed by atoms with Gasteiger partial charge in [0.2, 0.25) is 0 Å². The number of rotatable bonds is 4. The summed E-state index contributed by atoms with van der Waals surface area (Å²) in [5.74, 6) is -2.58. The molecule has 1 aromatic heterocycles. The van der Waals surface area contributed by atoms with Gasteiger partial charge >= 0.3 is 5.97 Å². The van der Waals surface area contributed by atoms with E-state index in [1.54, 1.807) is 0 Å². The lowest BCUT2D eigenvalue weighted by Crippen LogP contribution is -2.14. The number of carboxylic acids is 1. The summed E-state index contributed by atoms with van der Waals surface area (Å²) in [6, 6.07) is 1.25. The van der Waals surface area contributed by atoms with Crippen molar-refractivity contribution in [1.29, 1.82) is 0 Å². The third-order valence-electron chi connectivity index (χ3n) is 2.72. The zero-order valence-corrected chi connectivity index (χ0v) is 9.32. The van der Waals surface area contributed by atoms with E-state index in [1.807, 2.05) is 0 Å². The number of hydrogen-bond donors (Lipinski definition) is 2. The van der Waals surface area contributed by atoms with Crippen LogP contribution in [0.15, 0.2) is 22.8 Å². The van der Waals surface area contributed by atoms with Crippen molar-refractivity contribution in [1.82, 2.24) is 0 Å². The largest absolute Gasteiger partial charge is 0.481 e. The van der Waals surface area contributed by atoms with Crippen LogP contribution in [0.2, 0.25) is 0 Å². The number of fused-ring (bicyclic) bond motifs is 1. The number of aliphatic carboxylic acids is 1. The number of carboxylic acid groups (broad SMARTS) is 1. The molecule has 1 unspecified atom stereocenters. The highest BCUT2D eigenvalue weighted by atomic mass is 19.1. The highest BCUT2D eigenvalue weighted by molar-refractivity contribution is 5.81. The van der Waals surface area contributed by atoms with Crippen LogP contribution in [-0.4, -0.2) is 11.1 Å². The van der Waals surface area contributed by atoms with Crippen LogP contribution in [0, 0.1) is 11.6 Å². The molecule has 1 atom stereocenters. The van der Waals surface area contributed by atoms with Crippen molar-refractivity contribution in [2.24, 2.45) is 5.73 Å². The number of furan rings is 1. The molecule has 0 radical (unpaired) electrons. The van der Waals surface area contributed by atoms with Gasteiger partial charge in [-0.25, -0.2) is 8.78 Å². The average molecular weight is 255 g/mol. The summed E-state index contributed by atoms with van der Waals surface area (Å²) in [5, 5.41) is 8.70. The fraction of sp³-hybridized carbons (Fsp3) is 0.250. The second-order valence-electron chi connectivity index (χ2n) is 3.96. The lowest BCUT2D eigenvalue weighted by Gasteiger charge is -2.12. The lowest BCUT2D eigenvalue weighted by molar-refractivity contribution is -0.137. The maximum absolute atomic E-state index is 13.7. The van der Waals surface area contributed by atoms with E-state index in [2.05, 4.69) is 0 Å². The van der Waals surface area contributed by atoms with E-state index < -0.39 is 23.6 Å². The smallest absolute Gasteiger partial charge is 0.303 e. The monoisotopic (exact) mass is 255 g/mol. The molecule has 0 fully saturated rings. The van der Waals surface area contributed by atoms with Crippen molar-refractivity contribution in [2.75, 3.05) is 0 Å². The summed E-state index contributed by atoms with van der Waals surface area (Å²) < 4.78 is 32.1. The minimum atomic E-state index is -1.02. The van der Waals surface area contributed by atoms with Gasteiger partial charge in [0.1, 0.15) is 17.2 Å². The number of benzene rings is 1. The van der Waals surface area contributed by atoms with Gasteiger partial charge in [0.05, 0.1) is 11.6 Å². The van der Waals surface area contributed by atoms with Crippen molar-refractivity contribution < 1.29 is 23.1 Å². The van der Waals surface area contributed by atoms with E-state index in [1.165, 1.54) is 12.3 Å². The third-order valence-corrected chi connectivity index (χ3v) is 2.72. The van der Waals surface area contributed by atoms with E-state index in [-0.39, 0.29) is 29.4 Å². The molecule has 4 nitrogen and oxygen atoms in total. The van der Waals surface area contributed by atoms with Crippen LogP contribution in [0.1, 0.15) is 24.4 Å². The fourth-order valence-corrected chi connectivity index (χ4v) is 1.85. The molecule has 2 aromatic rings. The first kappa shape index (κ1) is 12.5. The summed E-state index contributed by atoms with van der Waals surface area (Å²) in [6.07, 6.45) is 1.09. The van der Waals surface area contributed by atoms with Gasteiger partial charge in [-0.1, -0.05) is 0 Å². The maximum Gasteiger partial charge on any atom is 0.303 e. The molecule has 3 N–H and O–H groups in total. The van der Waals surface area contributed by atoms with Gasteiger partial charge in [-0.2, -0.15) is 0 Å². The molecule has 96 valence electrons. The highest BCUT2D eigenvalue weighted by Crippen LogP contribution is 2.31. The van der Waals surface area contributed by atoms with Crippen LogP contribution in [0.25, 0.3) is 11.0 Å². The number of carbonyl (C=O) groups is 1. The number of hydrogen-bond acceptors (Lipinski definition) is 3. The Morgan fingerprint density at radius 2 is 2.17 bits per heavy atom. The van der Waals surface area contributed by atoms with Crippen LogP contribution < -0.4 is 5.73 Å². The molecule has 0 saturated carbocycles. The number of halogens is 2. The Morgan fingerprint density at radius 1 is 1.44 bits per heavy atom. The molecule has 0 amide bonds. The second-order valence-corrected chi connectivity index (χ2v) is 3.96. The molecule has 1 heterocycles. The summed E-state index contributed by atoms with van der Waals surface area (Å²) in [7, 11) is 0. The normalized spacial score (nSPS) is 12.8. The molecule has 0 saturated heterocycles. The van der Waals surface area contributed by atoms with Crippen LogP contribution in [0.3, 0.4) is 0 Å². The standard InChI is InChI=1S/C12H11F2NO3/c13-7-5-8(14)11(9(15)1-2-10(16)17)12-6(7)3-4-18-12/h3-5,9H,1-2,15H2,(H,16,17). The van der Waals surface area contributed by atoms with Crippen molar-refractivity contribution in [3.8, 4) is 0 Å². The van der Waals surface area contributed by atoms with Crippen LogP contribution in [0.5, 0.6) is 0 Å². The van der Waals surface area contributed by atoms with E-state index in [0.717, 1.165) is 6.07 Å². The molecule has 2 rings (SSSR count). The molecule has 18 heavy (non-hydrogen) atoms. The Balaban J connectivity index is 2.43. The number of nitrogens with two attached hydrogens (primary N) is 1. The van der Waals surface area contributed by atoms with Crippen LogP contribution in [0.4, 0.5) is 8.78 Å². The van der Waals surface area contributed by atoms with E-state index >= 15 is 0 Å². The zero-order chi connectivity index (χ0) is 13.3. The first-order valence-electron chi connectivity index (χ1n) is 5.33. The molecule has 0 aliphatic carbocycles. The predicted molar refractivity (Wildman–Crippen MR) is 59.9 cm³/mol. The molecule has 0 spiro atoms. The van der Waals surface area contributed by atoms with Gasteiger partial charge in [0, 0.05) is 24.1 Å². The Kier molecular flexibility index (Phi) is 3.29. The second kappa shape index (κ2) is 4.73. The van der Waals surface area contributed by atoms with Crippen molar-refractivity contribution in [2.45, 2.75) is 18.9 Å². The topological polar surface area (TPSA) is 76.5 Å². The zero-order valence-electron chi connectivity index (χ0n) is 9.32. The minimum absolute atomic E-state index is 0.0117. The first-order valence-corrected chi connectivity index (χ1v) is 5.33. The minimum Gasteiger partial charge on any atom is -0.481 e.